The fourth-order valence-electron chi connectivity index (χ4n) is 2.96. The SMILES string of the molecule is COc1ccc(OC)c(NC(=O)C2=NN(c3cc(C)ccc3C)C(=O)CC2)c1. The molecule has 146 valence electrons. The fraction of sp³-hybridized carbons (Fsp3) is 0.286. The molecule has 7 heteroatoms. The van der Waals surface area contributed by atoms with Gasteiger partial charge in [0.2, 0.25) is 5.91 Å². The van der Waals surface area contributed by atoms with E-state index in [1.54, 1.807) is 25.3 Å². The van der Waals surface area contributed by atoms with Gasteiger partial charge in [-0.1, -0.05) is 12.1 Å². The summed E-state index contributed by atoms with van der Waals surface area (Å²) >= 11 is 0. The van der Waals surface area contributed by atoms with E-state index in [4.69, 9.17) is 9.47 Å². The molecule has 0 atom stereocenters. The molecular weight excluding hydrogens is 358 g/mol. The summed E-state index contributed by atoms with van der Waals surface area (Å²) < 4.78 is 10.5. The van der Waals surface area contributed by atoms with Crippen molar-refractivity contribution in [3.8, 4) is 11.5 Å². The van der Waals surface area contributed by atoms with Crippen LogP contribution in [0.25, 0.3) is 0 Å². The Labute approximate surface area is 163 Å². The van der Waals surface area contributed by atoms with E-state index >= 15 is 0 Å². The van der Waals surface area contributed by atoms with Gasteiger partial charge in [0.25, 0.3) is 5.91 Å². The first kappa shape index (κ1) is 19.4. The van der Waals surface area contributed by atoms with Crippen LogP contribution in [0.5, 0.6) is 11.5 Å². The molecule has 0 spiro atoms. The monoisotopic (exact) mass is 381 g/mol. The van der Waals surface area contributed by atoms with Crippen LogP contribution >= 0.6 is 0 Å². The zero-order valence-electron chi connectivity index (χ0n) is 16.4. The molecule has 2 amide bonds. The van der Waals surface area contributed by atoms with Crippen molar-refractivity contribution >= 4 is 28.9 Å². The summed E-state index contributed by atoms with van der Waals surface area (Å²) in [6.45, 7) is 3.86. The molecule has 1 heterocycles. The van der Waals surface area contributed by atoms with Gasteiger partial charge >= 0.3 is 0 Å². The van der Waals surface area contributed by atoms with Gasteiger partial charge < -0.3 is 14.8 Å². The number of amides is 2. The maximum Gasteiger partial charge on any atom is 0.271 e. The molecule has 0 saturated carbocycles. The third kappa shape index (κ3) is 3.98. The lowest BCUT2D eigenvalue weighted by Crippen LogP contribution is -2.36. The van der Waals surface area contributed by atoms with E-state index in [2.05, 4.69) is 10.4 Å². The van der Waals surface area contributed by atoms with Gasteiger partial charge in [0.05, 0.1) is 25.6 Å². The summed E-state index contributed by atoms with van der Waals surface area (Å²) in [5.74, 6) is 0.584. The highest BCUT2D eigenvalue weighted by Gasteiger charge is 2.27. The van der Waals surface area contributed by atoms with Crippen molar-refractivity contribution in [1.82, 2.24) is 0 Å². The molecule has 3 rings (SSSR count). The number of nitrogens with one attached hydrogen (secondary N) is 1. The van der Waals surface area contributed by atoms with Gasteiger partial charge in [0.1, 0.15) is 17.2 Å². The minimum absolute atomic E-state index is 0.135. The van der Waals surface area contributed by atoms with Gasteiger partial charge in [-0.2, -0.15) is 5.10 Å². The Kier molecular flexibility index (Phi) is 5.63. The van der Waals surface area contributed by atoms with Gasteiger partial charge in [-0.15, -0.1) is 0 Å². The second kappa shape index (κ2) is 8.12. The van der Waals surface area contributed by atoms with Crippen molar-refractivity contribution in [2.45, 2.75) is 26.7 Å². The van der Waals surface area contributed by atoms with Gasteiger partial charge in [-0.25, -0.2) is 5.01 Å². The Morgan fingerprint density at radius 1 is 1.07 bits per heavy atom. The number of hydrogen-bond acceptors (Lipinski definition) is 5. The summed E-state index contributed by atoms with van der Waals surface area (Å²) in [5, 5.41) is 8.47. The minimum atomic E-state index is -0.380. The highest BCUT2D eigenvalue weighted by atomic mass is 16.5. The zero-order chi connectivity index (χ0) is 20.3. The first-order valence-electron chi connectivity index (χ1n) is 8.94. The Morgan fingerprint density at radius 2 is 1.86 bits per heavy atom. The van der Waals surface area contributed by atoms with Gasteiger partial charge in [0.15, 0.2) is 0 Å². The van der Waals surface area contributed by atoms with E-state index in [-0.39, 0.29) is 30.4 Å². The minimum Gasteiger partial charge on any atom is -0.497 e. The number of carbonyl (C=O) groups excluding carboxylic acids is 2. The average molecular weight is 381 g/mol. The van der Waals surface area contributed by atoms with Crippen molar-refractivity contribution in [2.24, 2.45) is 5.10 Å². The van der Waals surface area contributed by atoms with E-state index in [0.29, 0.717) is 22.9 Å². The van der Waals surface area contributed by atoms with Crippen molar-refractivity contribution in [2.75, 3.05) is 24.5 Å². The molecule has 0 aromatic heterocycles. The fourth-order valence-corrected chi connectivity index (χ4v) is 2.96. The summed E-state index contributed by atoms with van der Waals surface area (Å²) in [6, 6.07) is 10.9. The van der Waals surface area contributed by atoms with Crippen LogP contribution in [0.2, 0.25) is 0 Å². The summed E-state index contributed by atoms with van der Waals surface area (Å²) in [7, 11) is 3.07. The van der Waals surface area contributed by atoms with Crippen LogP contribution in [0, 0.1) is 13.8 Å². The number of aryl methyl sites for hydroxylation is 2. The number of nitrogens with zero attached hydrogens (tertiary/aromatic N) is 2. The number of hydrogen-bond donors (Lipinski definition) is 1. The Hall–Kier alpha value is -3.35. The number of benzene rings is 2. The standard InChI is InChI=1S/C21H23N3O4/c1-13-5-6-14(2)18(11-13)24-20(25)10-8-16(23-24)21(26)22-17-12-15(27-3)7-9-19(17)28-4/h5-7,9,11-12H,8,10H2,1-4H3,(H,22,26). The van der Waals surface area contributed by atoms with Crippen LogP contribution in [0.15, 0.2) is 41.5 Å². The quantitative estimate of drug-likeness (QED) is 0.860. The Bertz CT molecular complexity index is 953. The van der Waals surface area contributed by atoms with Crippen LogP contribution in [0.1, 0.15) is 24.0 Å². The van der Waals surface area contributed by atoms with Crippen LogP contribution in [-0.2, 0) is 9.59 Å². The van der Waals surface area contributed by atoms with Crippen molar-refractivity contribution in [3.63, 3.8) is 0 Å². The van der Waals surface area contributed by atoms with Gasteiger partial charge in [-0.3, -0.25) is 9.59 Å². The van der Waals surface area contributed by atoms with E-state index in [1.165, 1.54) is 12.1 Å². The predicted octanol–water partition coefficient (Wildman–Crippen LogP) is 3.44. The number of hydrazone groups is 1. The normalized spacial score (nSPS) is 13.8. The maximum absolute atomic E-state index is 12.8. The number of anilines is 2. The lowest BCUT2D eigenvalue weighted by molar-refractivity contribution is -0.118. The molecule has 7 nitrogen and oxygen atoms in total. The molecule has 0 unspecified atom stereocenters. The van der Waals surface area contributed by atoms with Crippen molar-refractivity contribution < 1.29 is 19.1 Å². The first-order chi connectivity index (χ1) is 13.4. The predicted molar refractivity (Wildman–Crippen MR) is 108 cm³/mol. The topological polar surface area (TPSA) is 80.2 Å². The Morgan fingerprint density at radius 3 is 2.57 bits per heavy atom. The summed E-state index contributed by atoms with van der Waals surface area (Å²) in [6.07, 6.45) is 0.493. The maximum atomic E-state index is 12.8. The van der Waals surface area contributed by atoms with Crippen molar-refractivity contribution in [1.29, 1.82) is 0 Å². The second-order valence-corrected chi connectivity index (χ2v) is 6.56. The van der Waals surface area contributed by atoms with E-state index in [1.807, 2.05) is 32.0 Å². The van der Waals surface area contributed by atoms with E-state index < -0.39 is 0 Å². The molecule has 2 aromatic rings. The number of methoxy groups -OCH3 is 2. The molecule has 1 aliphatic rings. The molecule has 0 fully saturated rings. The van der Waals surface area contributed by atoms with Crippen LogP contribution in [0.3, 0.4) is 0 Å². The second-order valence-electron chi connectivity index (χ2n) is 6.56. The molecule has 0 radical (unpaired) electrons. The molecule has 0 aliphatic carbocycles. The highest BCUT2D eigenvalue weighted by Crippen LogP contribution is 2.30. The number of carbonyl (C=O) groups is 2. The molecule has 0 bridgehead atoms. The van der Waals surface area contributed by atoms with Gasteiger partial charge in [-0.05, 0) is 43.2 Å². The smallest absolute Gasteiger partial charge is 0.271 e. The van der Waals surface area contributed by atoms with E-state index in [9.17, 15) is 9.59 Å². The zero-order valence-corrected chi connectivity index (χ0v) is 16.4. The van der Waals surface area contributed by atoms with Crippen molar-refractivity contribution in [3.05, 3.63) is 47.5 Å². The van der Waals surface area contributed by atoms with Crippen LogP contribution < -0.4 is 19.8 Å². The molecule has 2 aromatic carbocycles. The summed E-state index contributed by atoms with van der Waals surface area (Å²) in [5.41, 5.74) is 3.38. The molecule has 1 aliphatic heterocycles. The lowest BCUT2D eigenvalue weighted by Gasteiger charge is -2.25. The van der Waals surface area contributed by atoms with E-state index in [0.717, 1.165) is 11.1 Å². The lowest BCUT2D eigenvalue weighted by atomic mass is 10.1. The molecule has 1 N–H and O–H groups in total. The van der Waals surface area contributed by atoms with Crippen LogP contribution in [0.4, 0.5) is 11.4 Å². The molecule has 28 heavy (non-hydrogen) atoms. The largest absolute Gasteiger partial charge is 0.497 e. The number of rotatable bonds is 5. The molecular formula is C21H23N3O4. The highest BCUT2D eigenvalue weighted by molar-refractivity contribution is 6.44. The molecule has 0 saturated heterocycles. The Balaban J connectivity index is 1.90. The average Bonchev–Trinajstić information content (AvgIpc) is 2.70. The van der Waals surface area contributed by atoms with Crippen LogP contribution in [-0.4, -0.2) is 31.7 Å². The third-order valence-corrected chi connectivity index (χ3v) is 4.54. The van der Waals surface area contributed by atoms with Gasteiger partial charge in [0, 0.05) is 18.9 Å². The first-order valence-corrected chi connectivity index (χ1v) is 8.94. The summed E-state index contributed by atoms with van der Waals surface area (Å²) in [4.78, 5) is 25.2. The number of ether oxygens (including phenoxy) is 2. The third-order valence-electron chi connectivity index (χ3n) is 4.54.